The van der Waals surface area contributed by atoms with E-state index >= 15 is 0 Å². The van der Waals surface area contributed by atoms with Crippen molar-refractivity contribution < 1.29 is 14.3 Å². The van der Waals surface area contributed by atoms with Crippen molar-refractivity contribution in [3.63, 3.8) is 0 Å². The topological polar surface area (TPSA) is 42.0 Å². The van der Waals surface area contributed by atoms with E-state index in [1.54, 1.807) is 0 Å². The molecule has 25 heavy (non-hydrogen) atoms. The van der Waals surface area contributed by atoms with E-state index in [4.69, 9.17) is 9.16 Å². The third-order valence-electron chi connectivity index (χ3n) is 5.71. The standard InChI is InChI=1S/C21H36O3Si/c1-21(2,3)25(4,5)24-18(15-19-20(16-22)23-19)14-10-9-13-17-11-7-6-8-12-17/h6-8,11-12,18-20,22H,9-10,13-16H2,1-5H3/t18-,19-,20-/m1/s1. The average Bonchev–Trinajstić information content (AvgIpc) is 3.29. The maximum atomic E-state index is 9.23. The van der Waals surface area contributed by atoms with Crippen molar-refractivity contribution >= 4 is 8.32 Å². The van der Waals surface area contributed by atoms with Gasteiger partial charge in [0, 0.05) is 12.5 Å². The molecule has 4 heteroatoms. The van der Waals surface area contributed by atoms with Gasteiger partial charge in [0.15, 0.2) is 8.32 Å². The Kier molecular flexibility index (Phi) is 7.26. The fourth-order valence-electron chi connectivity index (χ4n) is 2.97. The van der Waals surface area contributed by atoms with E-state index in [1.165, 1.54) is 18.4 Å². The summed E-state index contributed by atoms with van der Waals surface area (Å²) in [5.74, 6) is 0. The van der Waals surface area contributed by atoms with Gasteiger partial charge in [-0.3, -0.25) is 0 Å². The fraction of sp³-hybridized carbons (Fsp3) is 0.714. The number of unbranched alkanes of at least 4 members (excludes halogenated alkanes) is 1. The van der Waals surface area contributed by atoms with Gasteiger partial charge in [0.25, 0.3) is 0 Å². The number of ether oxygens (including phenoxy) is 1. The summed E-state index contributed by atoms with van der Waals surface area (Å²) < 4.78 is 12.2. The average molecular weight is 365 g/mol. The van der Waals surface area contributed by atoms with E-state index in [1.807, 2.05) is 0 Å². The second-order valence-corrected chi connectivity index (χ2v) is 13.6. The Morgan fingerprint density at radius 2 is 1.80 bits per heavy atom. The number of benzene rings is 1. The molecule has 1 fully saturated rings. The van der Waals surface area contributed by atoms with Crippen molar-refractivity contribution in [2.24, 2.45) is 0 Å². The molecule has 1 aliphatic rings. The van der Waals surface area contributed by atoms with Crippen molar-refractivity contribution in [3.8, 4) is 0 Å². The predicted molar refractivity (Wildman–Crippen MR) is 106 cm³/mol. The summed E-state index contributed by atoms with van der Waals surface area (Å²) >= 11 is 0. The van der Waals surface area contributed by atoms with Crippen LogP contribution in [-0.4, -0.2) is 38.3 Å². The molecule has 0 amide bonds. The maximum absolute atomic E-state index is 9.23. The van der Waals surface area contributed by atoms with Crippen LogP contribution in [0, 0.1) is 0 Å². The summed E-state index contributed by atoms with van der Waals surface area (Å²) in [5, 5.41) is 9.45. The largest absolute Gasteiger partial charge is 0.414 e. The first-order valence-electron chi connectivity index (χ1n) is 9.71. The van der Waals surface area contributed by atoms with Crippen LogP contribution in [0.25, 0.3) is 0 Å². The van der Waals surface area contributed by atoms with E-state index in [-0.39, 0.29) is 30.0 Å². The first-order chi connectivity index (χ1) is 11.7. The zero-order chi connectivity index (χ0) is 18.5. The molecule has 0 unspecified atom stereocenters. The maximum Gasteiger partial charge on any atom is 0.192 e. The third-order valence-corrected chi connectivity index (χ3v) is 10.2. The second-order valence-electron chi connectivity index (χ2n) is 8.86. The van der Waals surface area contributed by atoms with Crippen LogP contribution in [0.5, 0.6) is 0 Å². The lowest BCUT2D eigenvalue weighted by molar-refractivity contribution is 0.146. The summed E-state index contributed by atoms with van der Waals surface area (Å²) in [4.78, 5) is 0. The van der Waals surface area contributed by atoms with Crippen molar-refractivity contribution in [2.45, 2.75) is 89.3 Å². The minimum absolute atomic E-state index is 0.0369. The smallest absolute Gasteiger partial charge is 0.192 e. The molecule has 1 N–H and O–H groups in total. The molecular formula is C21H36O3Si. The number of epoxide rings is 1. The molecule has 3 atom stereocenters. The van der Waals surface area contributed by atoms with E-state index in [0.717, 1.165) is 19.3 Å². The molecule has 0 aliphatic carbocycles. The molecule has 2 rings (SSSR count). The van der Waals surface area contributed by atoms with Crippen LogP contribution in [-0.2, 0) is 15.6 Å². The Balaban J connectivity index is 1.83. The molecule has 3 nitrogen and oxygen atoms in total. The van der Waals surface area contributed by atoms with Gasteiger partial charge in [-0.25, -0.2) is 0 Å². The first kappa shape index (κ1) is 20.6. The monoisotopic (exact) mass is 364 g/mol. The summed E-state index contributed by atoms with van der Waals surface area (Å²) in [6.07, 6.45) is 5.97. The molecule has 0 aromatic heterocycles. The summed E-state index contributed by atoms with van der Waals surface area (Å²) in [6.45, 7) is 11.6. The normalized spacial score (nSPS) is 22.0. The highest BCUT2D eigenvalue weighted by Crippen LogP contribution is 2.39. The van der Waals surface area contributed by atoms with Gasteiger partial charge < -0.3 is 14.3 Å². The highest BCUT2D eigenvalue weighted by atomic mass is 28.4. The van der Waals surface area contributed by atoms with Gasteiger partial charge in [-0.15, -0.1) is 0 Å². The van der Waals surface area contributed by atoms with Crippen LogP contribution in [0.3, 0.4) is 0 Å². The lowest BCUT2D eigenvalue weighted by Gasteiger charge is -2.39. The van der Waals surface area contributed by atoms with Crippen molar-refractivity contribution in [1.82, 2.24) is 0 Å². The van der Waals surface area contributed by atoms with Gasteiger partial charge >= 0.3 is 0 Å². The molecule has 0 bridgehead atoms. The number of hydrogen-bond donors (Lipinski definition) is 1. The summed E-state index contributed by atoms with van der Waals surface area (Å²) in [7, 11) is -1.78. The first-order valence-corrected chi connectivity index (χ1v) is 12.6. The molecule has 0 spiro atoms. The van der Waals surface area contributed by atoms with Gasteiger partial charge in [-0.1, -0.05) is 57.5 Å². The van der Waals surface area contributed by atoms with Crippen molar-refractivity contribution in [1.29, 1.82) is 0 Å². The number of aliphatic hydroxyl groups is 1. The zero-order valence-electron chi connectivity index (χ0n) is 16.6. The Morgan fingerprint density at radius 1 is 1.12 bits per heavy atom. The molecule has 0 saturated carbocycles. The summed E-state index contributed by atoms with van der Waals surface area (Å²) in [5.41, 5.74) is 1.41. The molecular weight excluding hydrogens is 328 g/mol. The highest BCUT2D eigenvalue weighted by molar-refractivity contribution is 6.74. The van der Waals surface area contributed by atoms with Crippen LogP contribution in [0.4, 0.5) is 0 Å². The second kappa shape index (κ2) is 8.80. The highest BCUT2D eigenvalue weighted by Gasteiger charge is 2.43. The zero-order valence-corrected chi connectivity index (χ0v) is 17.6. The quantitative estimate of drug-likeness (QED) is 0.363. The minimum Gasteiger partial charge on any atom is -0.414 e. The Hall–Kier alpha value is -0.683. The van der Waals surface area contributed by atoms with Crippen LogP contribution in [0.2, 0.25) is 18.1 Å². The predicted octanol–water partition coefficient (Wildman–Crippen LogP) is 4.94. The van der Waals surface area contributed by atoms with E-state index in [0.29, 0.717) is 0 Å². The molecule has 1 aromatic rings. The Labute approximate surface area is 154 Å². The minimum atomic E-state index is -1.78. The Bertz CT molecular complexity index is 510. The van der Waals surface area contributed by atoms with Gasteiger partial charge in [0.05, 0.1) is 12.7 Å². The van der Waals surface area contributed by atoms with Crippen LogP contribution in [0.1, 0.15) is 52.0 Å². The summed E-state index contributed by atoms with van der Waals surface area (Å²) in [6, 6.07) is 10.7. The number of aliphatic hydroxyl groups excluding tert-OH is 1. The van der Waals surface area contributed by atoms with E-state index < -0.39 is 8.32 Å². The van der Waals surface area contributed by atoms with E-state index in [9.17, 15) is 5.11 Å². The van der Waals surface area contributed by atoms with Crippen LogP contribution < -0.4 is 0 Å². The molecule has 1 aromatic carbocycles. The van der Waals surface area contributed by atoms with Crippen molar-refractivity contribution in [2.75, 3.05) is 6.61 Å². The molecule has 1 heterocycles. The Morgan fingerprint density at radius 3 is 2.36 bits per heavy atom. The third kappa shape index (κ3) is 6.52. The molecule has 1 saturated heterocycles. The SMILES string of the molecule is CC(C)(C)[Si](C)(C)O[C@H](CCCCc1ccccc1)C[C@H]1O[C@@H]1CO. The molecule has 1 aliphatic heterocycles. The van der Waals surface area contributed by atoms with Crippen LogP contribution >= 0.6 is 0 Å². The van der Waals surface area contributed by atoms with Gasteiger partial charge in [0.1, 0.15) is 6.10 Å². The molecule has 0 radical (unpaired) electrons. The van der Waals surface area contributed by atoms with Gasteiger partial charge in [-0.05, 0) is 43.0 Å². The molecule has 142 valence electrons. The van der Waals surface area contributed by atoms with Gasteiger partial charge in [-0.2, -0.15) is 0 Å². The number of hydrogen-bond acceptors (Lipinski definition) is 3. The van der Waals surface area contributed by atoms with Crippen molar-refractivity contribution in [3.05, 3.63) is 35.9 Å². The number of rotatable bonds is 10. The van der Waals surface area contributed by atoms with Crippen LogP contribution in [0.15, 0.2) is 30.3 Å². The number of aryl methyl sites for hydroxylation is 1. The van der Waals surface area contributed by atoms with Gasteiger partial charge in [0.2, 0.25) is 0 Å². The lowest BCUT2D eigenvalue weighted by Crippen LogP contribution is -2.44. The fourth-order valence-corrected chi connectivity index (χ4v) is 4.37. The lowest BCUT2D eigenvalue weighted by atomic mass is 10.0. The van der Waals surface area contributed by atoms with E-state index in [2.05, 4.69) is 64.2 Å².